The van der Waals surface area contributed by atoms with Crippen molar-refractivity contribution in [1.82, 2.24) is 0 Å². The molecule has 29 heavy (non-hydrogen) atoms. The molecule has 0 saturated heterocycles. The number of halogens is 1. The van der Waals surface area contributed by atoms with Crippen molar-refractivity contribution in [2.24, 2.45) is 0 Å². The molecule has 156 valence electrons. The maximum absolute atomic E-state index is 12.7. The van der Waals surface area contributed by atoms with Gasteiger partial charge in [-0.25, -0.2) is 4.79 Å². The SMILES string of the molecule is COc1cc([C@@H]2OC(=O)c3cc(OC)c(OC)c(OC)c32)c(Br)c(OC)c1OC. The minimum Gasteiger partial charge on any atom is -0.493 e. The van der Waals surface area contributed by atoms with Crippen LogP contribution in [0.4, 0.5) is 0 Å². The average Bonchev–Trinajstić information content (AvgIpc) is 3.07. The molecular formula is C20H21BrO8. The number of methoxy groups -OCH3 is 6. The van der Waals surface area contributed by atoms with Gasteiger partial charge in [-0.2, -0.15) is 0 Å². The van der Waals surface area contributed by atoms with Crippen LogP contribution >= 0.6 is 15.9 Å². The summed E-state index contributed by atoms with van der Waals surface area (Å²) < 4.78 is 39.0. The van der Waals surface area contributed by atoms with Gasteiger partial charge in [-0.15, -0.1) is 0 Å². The third-order valence-electron chi connectivity index (χ3n) is 4.66. The highest BCUT2D eigenvalue weighted by molar-refractivity contribution is 9.10. The molecule has 0 saturated carbocycles. The van der Waals surface area contributed by atoms with Crippen molar-refractivity contribution in [3.05, 3.63) is 33.3 Å². The Morgan fingerprint density at radius 2 is 1.28 bits per heavy atom. The van der Waals surface area contributed by atoms with E-state index in [2.05, 4.69) is 15.9 Å². The predicted octanol–water partition coefficient (Wildman–Crippen LogP) is 3.76. The molecule has 1 aliphatic heterocycles. The van der Waals surface area contributed by atoms with Crippen molar-refractivity contribution in [3.8, 4) is 34.5 Å². The van der Waals surface area contributed by atoms with Gasteiger partial charge in [0.1, 0.15) is 0 Å². The third kappa shape index (κ3) is 3.19. The van der Waals surface area contributed by atoms with Gasteiger partial charge in [-0.05, 0) is 28.1 Å². The van der Waals surface area contributed by atoms with Gasteiger partial charge in [-0.1, -0.05) is 0 Å². The summed E-state index contributed by atoms with van der Waals surface area (Å²) in [6.07, 6.45) is -0.796. The van der Waals surface area contributed by atoms with E-state index in [0.29, 0.717) is 55.7 Å². The topological polar surface area (TPSA) is 81.7 Å². The van der Waals surface area contributed by atoms with Crippen LogP contribution < -0.4 is 28.4 Å². The molecule has 0 radical (unpaired) electrons. The Hall–Kier alpha value is -2.81. The maximum atomic E-state index is 12.7. The first-order valence-electron chi connectivity index (χ1n) is 8.49. The number of carbonyl (C=O) groups is 1. The molecule has 0 aliphatic carbocycles. The number of cyclic esters (lactones) is 1. The normalized spacial score (nSPS) is 14.7. The molecule has 0 N–H and O–H groups in total. The lowest BCUT2D eigenvalue weighted by Crippen LogP contribution is -2.07. The van der Waals surface area contributed by atoms with Gasteiger partial charge >= 0.3 is 5.97 Å². The molecule has 0 unspecified atom stereocenters. The molecule has 0 bridgehead atoms. The van der Waals surface area contributed by atoms with Crippen molar-refractivity contribution in [1.29, 1.82) is 0 Å². The molecular weight excluding hydrogens is 448 g/mol. The van der Waals surface area contributed by atoms with Crippen molar-refractivity contribution < 1.29 is 38.0 Å². The fourth-order valence-corrected chi connectivity index (χ4v) is 4.05. The molecule has 1 aliphatic rings. The summed E-state index contributed by atoms with van der Waals surface area (Å²) in [7, 11) is 9.00. The monoisotopic (exact) mass is 468 g/mol. The summed E-state index contributed by atoms with van der Waals surface area (Å²) >= 11 is 3.54. The number of ether oxygens (including phenoxy) is 7. The zero-order valence-corrected chi connectivity index (χ0v) is 18.5. The quantitative estimate of drug-likeness (QED) is 0.568. The smallest absolute Gasteiger partial charge is 0.339 e. The van der Waals surface area contributed by atoms with Crippen LogP contribution in [0.1, 0.15) is 27.6 Å². The zero-order chi connectivity index (χ0) is 21.3. The van der Waals surface area contributed by atoms with Crippen molar-refractivity contribution >= 4 is 21.9 Å². The van der Waals surface area contributed by atoms with Gasteiger partial charge in [0.05, 0.1) is 58.3 Å². The van der Waals surface area contributed by atoms with E-state index in [-0.39, 0.29) is 0 Å². The van der Waals surface area contributed by atoms with Crippen molar-refractivity contribution in [2.45, 2.75) is 6.10 Å². The Morgan fingerprint density at radius 1 is 0.759 bits per heavy atom. The van der Waals surface area contributed by atoms with E-state index in [4.69, 9.17) is 33.2 Å². The number of hydrogen-bond donors (Lipinski definition) is 0. The Balaban J connectivity index is 2.31. The second-order valence-electron chi connectivity index (χ2n) is 5.94. The molecule has 9 heteroatoms. The highest BCUT2D eigenvalue weighted by Gasteiger charge is 2.40. The van der Waals surface area contributed by atoms with Crippen LogP contribution in [0.15, 0.2) is 16.6 Å². The Kier molecular flexibility index (Phi) is 5.97. The molecule has 2 aromatic carbocycles. The minimum absolute atomic E-state index is 0.324. The predicted molar refractivity (Wildman–Crippen MR) is 107 cm³/mol. The molecule has 3 rings (SSSR count). The van der Waals surface area contributed by atoms with Gasteiger partial charge in [0, 0.05) is 5.56 Å². The number of rotatable bonds is 7. The van der Waals surface area contributed by atoms with Gasteiger partial charge in [0.2, 0.25) is 11.5 Å². The van der Waals surface area contributed by atoms with Crippen LogP contribution in [0, 0.1) is 0 Å². The van der Waals surface area contributed by atoms with E-state index in [9.17, 15) is 4.79 Å². The van der Waals surface area contributed by atoms with E-state index in [1.54, 1.807) is 12.1 Å². The molecule has 1 atom stereocenters. The molecule has 2 aromatic rings. The maximum Gasteiger partial charge on any atom is 0.339 e. The Labute approximate surface area is 176 Å². The summed E-state index contributed by atoms with van der Waals surface area (Å²) in [6, 6.07) is 3.29. The molecule has 0 fully saturated rings. The summed E-state index contributed by atoms with van der Waals surface area (Å²) in [4.78, 5) is 12.7. The molecule has 0 amide bonds. The number of carbonyl (C=O) groups excluding carboxylic acids is 1. The standard InChI is InChI=1S/C20H21BrO8/c1-23-11-7-9-13(18(27-5)16(11)25-3)15(29-20(9)22)10-8-12(24-2)17(26-4)19(28-6)14(10)21/h7-8,15H,1-6H3/t15-/m0/s1. The number of benzene rings is 2. The first-order chi connectivity index (χ1) is 14.0. The lowest BCUT2D eigenvalue weighted by Gasteiger charge is -2.21. The van der Waals surface area contributed by atoms with Gasteiger partial charge in [-0.3, -0.25) is 0 Å². The first-order valence-corrected chi connectivity index (χ1v) is 9.28. The van der Waals surface area contributed by atoms with E-state index >= 15 is 0 Å². The summed E-state index contributed by atoms with van der Waals surface area (Å²) in [6.45, 7) is 0. The van der Waals surface area contributed by atoms with E-state index < -0.39 is 12.1 Å². The number of esters is 1. The first kappa shape index (κ1) is 20.9. The van der Waals surface area contributed by atoms with Crippen LogP contribution in [0.5, 0.6) is 34.5 Å². The van der Waals surface area contributed by atoms with Crippen LogP contribution in [-0.2, 0) is 4.74 Å². The van der Waals surface area contributed by atoms with E-state index in [1.165, 1.54) is 42.7 Å². The molecule has 8 nitrogen and oxygen atoms in total. The lowest BCUT2D eigenvalue weighted by atomic mass is 9.96. The molecule has 0 spiro atoms. The van der Waals surface area contributed by atoms with Crippen LogP contribution in [0.2, 0.25) is 0 Å². The Bertz CT molecular complexity index is 956. The number of hydrogen-bond acceptors (Lipinski definition) is 8. The summed E-state index contributed by atoms with van der Waals surface area (Å²) in [5.41, 5.74) is 1.44. The fourth-order valence-electron chi connectivity index (χ4n) is 3.39. The van der Waals surface area contributed by atoms with Gasteiger partial charge < -0.3 is 33.2 Å². The molecule has 0 aromatic heterocycles. The highest BCUT2D eigenvalue weighted by atomic mass is 79.9. The summed E-state index contributed by atoms with van der Waals surface area (Å²) in [5.74, 6) is 1.81. The zero-order valence-electron chi connectivity index (χ0n) is 16.9. The average molecular weight is 469 g/mol. The fraction of sp³-hybridized carbons (Fsp3) is 0.350. The van der Waals surface area contributed by atoms with Crippen LogP contribution in [0.3, 0.4) is 0 Å². The van der Waals surface area contributed by atoms with Crippen LogP contribution in [0.25, 0.3) is 0 Å². The second-order valence-corrected chi connectivity index (χ2v) is 6.73. The molecule has 1 heterocycles. The lowest BCUT2D eigenvalue weighted by molar-refractivity contribution is 0.0452. The van der Waals surface area contributed by atoms with Gasteiger partial charge in [0.25, 0.3) is 0 Å². The van der Waals surface area contributed by atoms with Crippen LogP contribution in [-0.4, -0.2) is 48.6 Å². The van der Waals surface area contributed by atoms with Gasteiger partial charge in [0.15, 0.2) is 29.1 Å². The van der Waals surface area contributed by atoms with E-state index in [1.807, 2.05) is 0 Å². The minimum atomic E-state index is -0.796. The third-order valence-corrected chi connectivity index (χ3v) is 5.47. The van der Waals surface area contributed by atoms with Crippen molar-refractivity contribution in [3.63, 3.8) is 0 Å². The van der Waals surface area contributed by atoms with E-state index in [0.717, 1.165) is 0 Å². The second kappa shape index (κ2) is 8.28. The Morgan fingerprint density at radius 3 is 1.79 bits per heavy atom. The highest BCUT2D eigenvalue weighted by Crippen LogP contribution is 2.54. The largest absolute Gasteiger partial charge is 0.493 e. The summed E-state index contributed by atoms with van der Waals surface area (Å²) in [5, 5.41) is 0. The van der Waals surface area contributed by atoms with Crippen molar-refractivity contribution in [2.75, 3.05) is 42.7 Å². The number of fused-ring (bicyclic) bond motifs is 1.